The van der Waals surface area contributed by atoms with Crippen LogP contribution in [0.15, 0.2) is 41.5 Å². The van der Waals surface area contributed by atoms with Crippen LogP contribution in [0.4, 0.5) is 0 Å². The second kappa shape index (κ2) is 7.26. The number of nitrogens with zero attached hydrogens (tertiary/aromatic N) is 1. The second-order valence-electron chi connectivity index (χ2n) is 4.41. The molecule has 0 N–H and O–H groups in total. The van der Waals surface area contributed by atoms with Gasteiger partial charge in [0.2, 0.25) is 0 Å². The maximum Gasteiger partial charge on any atom is 0.141 e. The van der Waals surface area contributed by atoms with E-state index in [0.717, 1.165) is 24.0 Å². The average Bonchev–Trinajstić information content (AvgIpc) is 2.29. The molecule has 0 saturated carbocycles. The molecule has 0 aromatic rings. The molecule has 2 heteroatoms. The summed E-state index contributed by atoms with van der Waals surface area (Å²) < 4.78 is 0. The lowest BCUT2D eigenvalue weighted by atomic mass is 9.74. The van der Waals surface area contributed by atoms with Crippen LogP contribution in [0.2, 0.25) is 0 Å². The van der Waals surface area contributed by atoms with Gasteiger partial charge in [0.25, 0.3) is 0 Å². The van der Waals surface area contributed by atoms with E-state index in [1.165, 1.54) is 6.42 Å². The highest BCUT2D eigenvalue weighted by Gasteiger charge is 2.26. The van der Waals surface area contributed by atoms with Gasteiger partial charge in [-0.3, -0.25) is 4.99 Å². The molecule has 16 heavy (non-hydrogen) atoms. The Kier molecular flexibility index (Phi) is 6.79. The topological polar surface area (TPSA) is 12.4 Å². The molecule has 0 radical (unpaired) electrons. The van der Waals surface area contributed by atoms with Crippen molar-refractivity contribution in [2.24, 2.45) is 10.4 Å². The Morgan fingerprint density at radius 3 is 2.38 bits per heavy atom. The van der Waals surface area contributed by atoms with Crippen molar-refractivity contribution in [3.05, 3.63) is 36.5 Å². The Bertz CT molecular complexity index is 302. The summed E-state index contributed by atoms with van der Waals surface area (Å²) in [7, 11) is 2.08. The maximum absolute atomic E-state index is 4.54. The van der Waals surface area contributed by atoms with E-state index in [-0.39, 0.29) is 5.41 Å². The lowest BCUT2D eigenvalue weighted by Crippen LogP contribution is -2.19. The number of hydrogen-bond donors (Lipinski definition) is 0. The van der Waals surface area contributed by atoms with Crippen molar-refractivity contribution in [1.29, 1.82) is 0 Å². The minimum atomic E-state index is 0.145. The second-order valence-corrected chi connectivity index (χ2v) is 4.41. The summed E-state index contributed by atoms with van der Waals surface area (Å²) >= 11 is 0. The Morgan fingerprint density at radius 1 is 1.38 bits per heavy atom. The van der Waals surface area contributed by atoms with E-state index >= 15 is 0 Å². The van der Waals surface area contributed by atoms with Crippen molar-refractivity contribution >= 4 is 14.1 Å². The Morgan fingerprint density at radius 2 is 2.00 bits per heavy atom. The zero-order valence-corrected chi connectivity index (χ0v) is 11.2. The first-order valence-electron chi connectivity index (χ1n) is 6.04. The molecule has 0 bridgehead atoms. The van der Waals surface area contributed by atoms with E-state index in [2.05, 4.69) is 46.8 Å². The zero-order valence-electron chi connectivity index (χ0n) is 11.2. The van der Waals surface area contributed by atoms with Gasteiger partial charge in [-0.25, -0.2) is 0 Å². The molecule has 0 aliphatic rings. The molecule has 0 aliphatic carbocycles. The molecular formula is C14H24BN. The van der Waals surface area contributed by atoms with Crippen molar-refractivity contribution in [2.45, 2.75) is 40.0 Å². The predicted octanol–water partition coefficient (Wildman–Crippen LogP) is 3.49. The summed E-state index contributed by atoms with van der Waals surface area (Å²) in [5.41, 5.74) is 2.45. The van der Waals surface area contributed by atoms with Gasteiger partial charge in [-0.2, -0.15) is 0 Å². The van der Waals surface area contributed by atoms with Crippen LogP contribution in [0.5, 0.6) is 0 Å². The number of aliphatic imine (C=N–C) groups is 1. The molecule has 0 heterocycles. The third kappa shape index (κ3) is 3.84. The molecule has 0 rings (SSSR count). The summed E-state index contributed by atoms with van der Waals surface area (Å²) in [5, 5.41) is 0. The molecule has 1 nitrogen and oxygen atoms in total. The molecule has 0 aromatic heterocycles. The van der Waals surface area contributed by atoms with Crippen LogP contribution in [-0.2, 0) is 0 Å². The average molecular weight is 217 g/mol. The minimum Gasteiger partial charge on any atom is -0.261 e. The fourth-order valence-electron chi connectivity index (χ4n) is 1.97. The molecule has 0 aliphatic heterocycles. The van der Waals surface area contributed by atoms with Crippen LogP contribution in [0.1, 0.15) is 40.0 Å². The largest absolute Gasteiger partial charge is 0.261 e. The number of hydrogen-bond acceptors (Lipinski definition) is 1. The predicted molar refractivity (Wildman–Crippen MR) is 77.8 cm³/mol. The van der Waals surface area contributed by atoms with Crippen molar-refractivity contribution in [3.8, 4) is 0 Å². The Labute approximate surface area is 101 Å². The summed E-state index contributed by atoms with van der Waals surface area (Å²) in [6.07, 6.45) is 8.79. The van der Waals surface area contributed by atoms with E-state index in [1.807, 2.05) is 6.08 Å². The maximum atomic E-state index is 4.54. The van der Waals surface area contributed by atoms with Gasteiger partial charge in [-0.1, -0.05) is 58.0 Å². The van der Waals surface area contributed by atoms with Gasteiger partial charge in [0.15, 0.2) is 0 Å². The Balaban J connectivity index is 5.38. The van der Waals surface area contributed by atoms with Crippen LogP contribution in [0.25, 0.3) is 0 Å². The quantitative estimate of drug-likeness (QED) is 0.351. The van der Waals surface area contributed by atoms with E-state index < -0.39 is 0 Å². The molecule has 88 valence electrons. The number of allylic oxidation sites excluding steroid dienone is 4. The standard InChI is InChI=1S/C14H24BN/c1-6-10-14(5,9-4)13(12(15)8-3)16-11-7-2/h7-8,11H,2-3,6,9-10,15H2,1,4-5H3/b13-12+,16-11-. The summed E-state index contributed by atoms with van der Waals surface area (Å²) in [6.45, 7) is 14.2. The molecule has 0 aromatic carbocycles. The van der Waals surface area contributed by atoms with Crippen molar-refractivity contribution < 1.29 is 0 Å². The van der Waals surface area contributed by atoms with Gasteiger partial charge >= 0.3 is 0 Å². The molecule has 0 fully saturated rings. The monoisotopic (exact) mass is 217 g/mol. The lowest BCUT2D eigenvalue weighted by molar-refractivity contribution is 0.343. The first-order valence-corrected chi connectivity index (χ1v) is 6.04. The summed E-state index contributed by atoms with van der Waals surface area (Å²) in [5.74, 6) is 0. The summed E-state index contributed by atoms with van der Waals surface area (Å²) in [4.78, 5) is 4.54. The lowest BCUT2D eigenvalue weighted by Gasteiger charge is -2.30. The van der Waals surface area contributed by atoms with Crippen LogP contribution in [-0.4, -0.2) is 14.1 Å². The van der Waals surface area contributed by atoms with E-state index in [0.29, 0.717) is 0 Å². The van der Waals surface area contributed by atoms with Crippen molar-refractivity contribution in [1.82, 2.24) is 0 Å². The first-order chi connectivity index (χ1) is 7.55. The number of rotatable bonds is 7. The molecule has 0 spiro atoms. The van der Waals surface area contributed by atoms with Crippen LogP contribution in [0.3, 0.4) is 0 Å². The fraction of sp³-hybridized carbons (Fsp3) is 0.500. The highest BCUT2D eigenvalue weighted by Crippen LogP contribution is 2.37. The summed E-state index contributed by atoms with van der Waals surface area (Å²) in [6, 6.07) is 0. The fourth-order valence-corrected chi connectivity index (χ4v) is 1.97. The zero-order chi connectivity index (χ0) is 12.6. The first kappa shape index (κ1) is 15.0. The molecule has 1 atom stereocenters. The van der Waals surface area contributed by atoms with Gasteiger partial charge in [0.05, 0.1) is 0 Å². The third-order valence-corrected chi connectivity index (χ3v) is 3.14. The molecule has 0 amide bonds. The highest BCUT2D eigenvalue weighted by molar-refractivity contribution is 6.24. The van der Waals surface area contributed by atoms with Crippen LogP contribution in [0, 0.1) is 5.41 Å². The van der Waals surface area contributed by atoms with Gasteiger partial charge in [0, 0.05) is 17.3 Å². The SMILES string of the molecule is B/C(C=C)=C(/N=C\C=C)C(C)(CC)CCC. The van der Waals surface area contributed by atoms with E-state index in [9.17, 15) is 0 Å². The van der Waals surface area contributed by atoms with Crippen LogP contribution >= 0.6 is 0 Å². The van der Waals surface area contributed by atoms with Gasteiger partial charge in [-0.15, -0.1) is 0 Å². The van der Waals surface area contributed by atoms with Gasteiger partial charge in [0.1, 0.15) is 7.85 Å². The molecular weight excluding hydrogens is 193 g/mol. The van der Waals surface area contributed by atoms with Crippen molar-refractivity contribution in [2.75, 3.05) is 0 Å². The Hall–Kier alpha value is -1.05. The third-order valence-electron chi connectivity index (χ3n) is 3.14. The molecule has 0 saturated heterocycles. The van der Waals surface area contributed by atoms with E-state index in [1.54, 1.807) is 12.3 Å². The highest BCUT2D eigenvalue weighted by atomic mass is 14.8. The minimum absolute atomic E-state index is 0.145. The van der Waals surface area contributed by atoms with E-state index in [4.69, 9.17) is 0 Å². The smallest absolute Gasteiger partial charge is 0.141 e. The molecule has 1 unspecified atom stereocenters. The normalized spacial score (nSPS) is 16.7. The van der Waals surface area contributed by atoms with Crippen LogP contribution < -0.4 is 0 Å². The van der Waals surface area contributed by atoms with Gasteiger partial charge < -0.3 is 0 Å². The van der Waals surface area contributed by atoms with Crippen molar-refractivity contribution in [3.63, 3.8) is 0 Å². The van der Waals surface area contributed by atoms with Gasteiger partial charge in [-0.05, 0) is 12.8 Å².